The van der Waals surface area contributed by atoms with E-state index in [2.05, 4.69) is 24.5 Å². The molecule has 2 heteroatoms. The Kier molecular flexibility index (Phi) is 5.01. The fourth-order valence-electron chi connectivity index (χ4n) is 0.697. The van der Waals surface area contributed by atoms with Gasteiger partial charge in [-0.2, -0.15) is 0 Å². The first-order valence-corrected chi connectivity index (χ1v) is 3.25. The molecule has 0 aliphatic heterocycles. The van der Waals surface area contributed by atoms with Crippen LogP contribution in [0, 0.1) is 0 Å². The van der Waals surface area contributed by atoms with Crippen molar-refractivity contribution in [2.24, 2.45) is 0 Å². The van der Waals surface area contributed by atoms with Crippen molar-refractivity contribution in [3.63, 3.8) is 0 Å². The average Bonchev–Trinajstić information content (AvgIpc) is 1.83. The standard InChI is InChI=1S/C6H16N2/c1-4-6(7-3)8-5-2/h6-8H,4-5H2,1-3H3/t6-/m0/s1. The highest BCUT2D eigenvalue weighted by Crippen LogP contribution is 1.80. The smallest absolute Gasteiger partial charge is 0.0566 e. The van der Waals surface area contributed by atoms with E-state index in [0.717, 1.165) is 13.0 Å². The lowest BCUT2D eigenvalue weighted by Crippen LogP contribution is -2.39. The van der Waals surface area contributed by atoms with Crippen molar-refractivity contribution in [3.05, 3.63) is 0 Å². The van der Waals surface area contributed by atoms with Crippen molar-refractivity contribution < 1.29 is 0 Å². The molecular weight excluding hydrogens is 100 g/mol. The van der Waals surface area contributed by atoms with Crippen molar-refractivity contribution in [1.82, 2.24) is 10.6 Å². The molecule has 1 atom stereocenters. The van der Waals surface area contributed by atoms with Gasteiger partial charge < -0.3 is 10.6 Å². The molecule has 0 aliphatic carbocycles. The maximum Gasteiger partial charge on any atom is 0.0566 e. The molecule has 0 saturated heterocycles. The van der Waals surface area contributed by atoms with Gasteiger partial charge in [0.05, 0.1) is 6.17 Å². The van der Waals surface area contributed by atoms with Crippen molar-refractivity contribution >= 4 is 0 Å². The Bertz CT molecular complexity index is 41.8. The Labute approximate surface area is 51.7 Å². The Morgan fingerprint density at radius 3 is 2.12 bits per heavy atom. The van der Waals surface area contributed by atoms with Crippen LogP contribution in [0.5, 0.6) is 0 Å². The summed E-state index contributed by atoms with van der Waals surface area (Å²) in [6.07, 6.45) is 1.64. The summed E-state index contributed by atoms with van der Waals surface area (Å²) in [4.78, 5) is 0. The summed E-state index contributed by atoms with van der Waals surface area (Å²) in [5, 5.41) is 6.41. The van der Waals surface area contributed by atoms with Crippen molar-refractivity contribution in [2.45, 2.75) is 26.4 Å². The van der Waals surface area contributed by atoms with Gasteiger partial charge >= 0.3 is 0 Å². The molecule has 0 saturated carbocycles. The third-order valence-corrected chi connectivity index (χ3v) is 1.21. The monoisotopic (exact) mass is 116 g/mol. The number of hydrogen-bond donors (Lipinski definition) is 2. The summed E-state index contributed by atoms with van der Waals surface area (Å²) in [6, 6.07) is 0. The Hall–Kier alpha value is -0.0800. The first-order chi connectivity index (χ1) is 3.85. The number of rotatable bonds is 4. The molecule has 2 N–H and O–H groups in total. The second kappa shape index (κ2) is 5.06. The minimum atomic E-state index is 0.500. The summed E-state index contributed by atoms with van der Waals surface area (Å²) in [5.74, 6) is 0. The predicted octanol–water partition coefficient (Wildman–Crippen LogP) is 0.551. The van der Waals surface area contributed by atoms with Gasteiger partial charge in [-0.3, -0.25) is 0 Å². The molecule has 0 radical (unpaired) electrons. The van der Waals surface area contributed by atoms with E-state index >= 15 is 0 Å². The van der Waals surface area contributed by atoms with Crippen LogP contribution in [0.4, 0.5) is 0 Å². The molecule has 8 heavy (non-hydrogen) atoms. The second-order valence-electron chi connectivity index (χ2n) is 1.81. The topological polar surface area (TPSA) is 24.1 Å². The van der Waals surface area contributed by atoms with E-state index in [0.29, 0.717) is 6.17 Å². The van der Waals surface area contributed by atoms with Crippen LogP contribution in [0.3, 0.4) is 0 Å². The van der Waals surface area contributed by atoms with Gasteiger partial charge in [0.2, 0.25) is 0 Å². The minimum absolute atomic E-state index is 0.500. The first kappa shape index (κ1) is 7.92. The summed E-state index contributed by atoms with van der Waals surface area (Å²) in [7, 11) is 1.97. The molecule has 0 aliphatic rings. The molecule has 0 aromatic carbocycles. The van der Waals surface area contributed by atoms with Crippen molar-refractivity contribution in [1.29, 1.82) is 0 Å². The van der Waals surface area contributed by atoms with Gasteiger partial charge in [-0.25, -0.2) is 0 Å². The molecule has 2 nitrogen and oxygen atoms in total. The van der Waals surface area contributed by atoms with Gasteiger partial charge in [0.15, 0.2) is 0 Å². The summed E-state index contributed by atoms with van der Waals surface area (Å²) < 4.78 is 0. The highest BCUT2D eigenvalue weighted by atomic mass is 15.1. The Morgan fingerprint density at radius 1 is 1.38 bits per heavy atom. The number of nitrogens with one attached hydrogen (secondary N) is 2. The lowest BCUT2D eigenvalue weighted by atomic mass is 10.4. The molecule has 0 fully saturated rings. The minimum Gasteiger partial charge on any atom is -0.305 e. The van der Waals surface area contributed by atoms with Gasteiger partial charge in [0, 0.05) is 0 Å². The van der Waals surface area contributed by atoms with E-state index in [9.17, 15) is 0 Å². The van der Waals surface area contributed by atoms with Crippen LogP contribution in [0.15, 0.2) is 0 Å². The largest absolute Gasteiger partial charge is 0.305 e. The second-order valence-corrected chi connectivity index (χ2v) is 1.81. The summed E-state index contributed by atoms with van der Waals surface area (Å²) in [6.45, 7) is 5.31. The maximum atomic E-state index is 3.27. The van der Waals surface area contributed by atoms with E-state index in [-0.39, 0.29) is 0 Å². The van der Waals surface area contributed by atoms with Crippen LogP contribution in [0.25, 0.3) is 0 Å². The maximum absolute atomic E-state index is 3.27. The van der Waals surface area contributed by atoms with Crippen LogP contribution in [0.1, 0.15) is 20.3 Å². The average molecular weight is 116 g/mol. The van der Waals surface area contributed by atoms with E-state index in [1.807, 2.05) is 7.05 Å². The van der Waals surface area contributed by atoms with Gasteiger partial charge in [-0.05, 0) is 20.0 Å². The predicted molar refractivity (Wildman–Crippen MR) is 36.8 cm³/mol. The lowest BCUT2D eigenvalue weighted by Gasteiger charge is -2.13. The molecule has 0 aromatic heterocycles. The van der Waals surface area contributed by atoms with E-state index in [1.165, 1.54) is 0 Å². The molecular formula is C6H16N2. The highest BCUT2D eigenvalue weighted by molar-refractivity contribution is 4.55. The molecule has 50 valence electrons. The third kappa shape index (κ3) is 2.99. The fraction of sp³-hybridized carbons (Fsp3) is 1.00. The van der Waals surface area contributed by atoms with Crippen LogP contribution < -0.4 is 10.6 Å². The molecule has 0 spiro atoms. The van der Waals surface area contributed by atoms with E-state index in [1.54, 1.807) is 0 Å². The number of hydrogen-bond acceptors (Lipinski definition) is 2. The van der Waals surface area contributed by atoms with Crippen molar-refractivity contribution in [3.8, 4) is 0 Å². The van der Waals surface area contributed by atoms with Crippen LogP contribution in [-0.2, 0) is 0 Å². The summed E-state index contributed by atoms with van der Waals surface area (Å²) >= 11 is 0. The van der Waals surface area contributed by atoms with Gasteiger partial charge in [0.25, 0.3) is 0 Å². The first-order valence-electron chi connectivity index (χ1n) is 3.25. The van der Waals surface area contributed by atoms with Crippen LogP contribution in [-0.4, -0.2) is 19.8 Å². The molecule has 0 heterocycles. The van der Waals surface area contributed by atoms with E-state index < -0.39 is 0 Å². The van der Waals surface area contributed by atoms with Crippen molar-refractivity contribution in [2.75, 3.05) is 13.6 Å². The Balaban J connectivity index is 3.07. The van der Waals surface area contributed by atoms with Crippen LogP contribution >= 0.6 is 0 Å². The molecule has 0 bridgehead atoms. The zero-order chi connectivity index (χ0) is 6.41. The zero-order valence-corrected chi connectivity index (χ0v) is 5.99. The normalized spacial score (nSPS) is 13.9. The van der Waals surface area contributed by atoms with Gasteiger partial charge in [0.1, 0.15) is 0 Å². The van der Waals surface area contributed by atoms with Gasteiger partial charge in [-0.15, -0.1) is 0 Å². The SMILES string of the molecule is CCN[C@@H](CC)NC. The lowest BCUT2D eigenvalue weighted by molar-refractivity contribution is 0.455. The molecule has 0 amide bonds. The van der Waals surface area contributed by atoms with E-state index in [4.69, 9.17) is 0 Å². The molecule has 0 aromatic rings. The zero-order valence-electron chi connectivity index (χ0n) is 5.99. The third-order valence-electron chi connectivity index (χ3n) is 1.21. The molecule has 0 unspecified atom stereocenters. The Morgan fingerprint density at radius 2 is 2.00 bits per heavy atom. The van der Waals surface area contributed by atoms with Gasteiger partial charge in [-0.1, -0.05) is 13.8 Å². The highest BCUT2D eigenvalue weighted by Gasteiger charge is 1.95. The van der Waals surface area contributed by atoms with Crippen LogP contribution in [0.2, 0.25) is 0 Å². The quantitative estimate of drug-likeness (QED) is 0.524. The summed E-state index contributed by atoms with van der Waals surface area (Å²) in [5.41, 5.74) is 0. The fourth-order valence-corrected chi connectivity index (χ4v) is 0.697. The molecule has 0 rings (SSSR count).